The molecular formula is C49H61Cl6F3N10O7. The number of hydrogen-bond acceptors (Lipinski definition) is 13. The number of fused-ring (bicyclic) bond motifs is 1. The minimum absolute atomic E-state index is 0.0223. The number of para-hydroxylation sites is 3. The molecule has 17 nitrogen and oxygen atoms in total. The van der Waals surface area contributed by atoms with E-state index in [0.717, 1.165) is 47.6 Å². The molecule has 6 rings (SSSR count). The normalized spacial score (nSPS) is 13.5. The van der Waals surface area contributed by atoms with Crippen molar-refractivity contribution < 1.29 is 41.8 Å². The minimum Gasteiger partial charge on any atom is -0.489 e. The van der Waals surface area contributed by atoms with Gasteiger partial charge in [0.25, 0.3) is 5.91 Å². The molecule has 2 N–H and O–H groups in total. The fraction of sp³-hybridized carbons (Fsp3) is 0.469. The van der Waals surface area contributed by atoms with Gasteiger partial charge in [0.15, 0.2) is 10.7 Å². The van der Waals surface area contributed by atoms with E-state index in [2.05, 4.69) is 43.7 Å². The first kappa shape index (κ1) is 64.2. The smallest absolute Gasteiger partial charge is 0.355 e. The van der Waals surface area contributed by atoms with Crippen molar-refractivity contribution in [3.8, 4) is 11.4 Å². The number of methoxy groups -OCH3 is 1. The lowest BCUT2D eigenvalue weighted by molar-refractivity contribution is -0.142. The van der Waals surface area contributed by atoms with Crippen LogP contribution in [0.2, 0.25) is 10.3 Å². The molecule has 0 bridgehead atoms. The summed E-state index contributed by atoms with van der Waals surface area (Å²) in [5.41, 5.74) is 2.56. The standard InChI is InChI=1S/C15H14Cl2F3N3O3.C15H22ClNO2.C11H11Cl2NO2.C8H14ClN5/c1-3-26-13(24)10(17)4-8-5-12(11(18)6-9(8)16)23-15(25)22(14(19)20)7(2)21-23;1-5-13-8-6-7-11(2)15(13)17(14(18)9-16)12(3)10-19-4;1-7-6-16-9-5-3-2-4-8(9)14(7)11(15)10(12)13;1-4-10-7-12-6(9)13-8(14-7)11-5(2)3/h5-6,10,14H,3-4H2,1-2H3;6-8,12H,5,9-10H2,1-4H3;2-5,7,10H,6H2,1H3;5H,4H2,1-3H3,(H2,10,11,12,13,14). The molecule has 0 saturated carbocycles. The zero-order valence-electron chi connectivity index (χ0n) is 42.9. The quantitative estimate of drug-likeness (QED) is 0.0662. The van der Waals surface area contributed by atoms with Crippen molar-refractivity contribution in [2.75, 3.05) is 59.8 Å². The van der Waals surface area contributed by atoms with Crippen LogP contribution in [-0.4, -0.2) is 115 Å². The van der Waals surface area contributed by atoms with Crippen LogP contribution in [0, 0.1) is 19.7 Å². The van der Waals surface area contributed by atoms with Crippen molar-refractivity contribution in [3.63, 3.8) is 0 Å². The highest BCUT2D eigenvalue weighted by molar-refractivity contribution is 6.54. The van der Waals surface area contributed by atoms with Gasteiger partial charge in [0, 0.05) is 31.1 Å². The number of ether oxygens (including phenoxy) is 3. The fourth-order valence-corrected chi connectivity index (χ4v) is 8.19. The lowest BCUT2D eigenvalue weighted by atomic mass is 10.0. The van der Waals surface area contributed by atoms with E-state index in [1.54, 1.807) is 23.8 Å². The lowest BCUT2D eigenvalue weighted by Crippen LogP contribution is -2.47. The molecule has 0 saturated heterocycles. The Kier molecular flexibility index (Phi) is 26.7. The van der Waals surface area contributed by atoms with Crippen LogP contribution in [0.25, 0.3) is 5.69 Å². The zero-order valence-corrected chi connectivity index (χ0v) is 47.5. The summed E-state index contributed by atoms with van der Waals surface area (Å²) in [5.74, 6) is -0.668. The monoisotopic (exact) mass is 1170 g/mol. The summed E-state index contributed by atoms with van der Waals surface area (Å²) < 4.78 is 56.2. The van der Waals surface area contributed by atoms with Crippen LogP contribution in [0.1, 0.15) is 77.5 Å². The number of nitrogens with zero attached hydrogens (tertiary/aromatic N) is 8. The van der Waals surface area contributed by atoms with E-state index in [1.807, 2.05) is 77.9 Å². The summed E-state index contributed by atoms with van der Waals surface area (Å²) in [6.45, 7) is 15.4. The summed E-state index contributed by atoms with van der Waals surface area (Å²) >= 11 is 34.6. The molecule has 0 spiro atoms. The predicted octanol–water partition coefficient (Wildman–Crippen LogP) is 10.8. The van der Waals surface area contributed by atoms with E-state index in [4.69, 9.17) is 83.8 Å². The molecule has 1 aliphatic rings. The molecule has 412 valence electrons. The molecule has 3 aromatic carbocycles. The van der Waals surface area contributed by atoms with Gasteiger partial charge in [-0.15, -0.1) is 28.3 Å². The SMILES string of the molecule is CC1COc2ccccc2N1C(=O)C(Cl)Cl.CCNc1nc(Cl)nc(NC(C)C)n1.CCOC(=O)C(Cl)Cc1cc(-n2nc(C)n(C(F)F)c2=O)c(F)cc1Cl.CCc1cccc(C)c1N(C(=O)CCl)C(C)COC. The van der Waals surface area contributed by atoms with Crippen molar-refractivity contribution in [3.05, 3.63) is 104 Å². The van der Waals surface area contributed by atoms with Gasteiger partial charge in [-0.25, -0.2) is 13.8 Å². The van der Waals surface area contributed by atoms with E-state index in [9.17, 15) is 32.3 Å². The van der Waals surface area contributed by atoms with Gasteiger partial charge in [-0.05, 0) is 114 Å². The molecule has 3 heterocycles. The summed E-state index contributed by atoms with van der Waals surface area (Å²) in [5, 5.41) is 8.75. The van der Waals surface area contributed by atoms with Crippen LogP contribution in [0.5, 0.6) is 5.75 Å². The van der Waals surface area contributed by atoms with Crippen molar-refractivity contribution in [2.45, 2.75) is 110 Å². The largest absolute Gasteiger partial charge is 0.489 e. The van der Waals surface area contributed by atoms with Crippen LogP contribution in [-0.2, 0) is 36.7 Å². The van der Waals surface area contributed by atoms with Gasteiger partial charge in [-0.1, -0.05) is 72.1 Å². The molecule has 75 heavy (non-hydrogen) atoms. The molecule has 0 aliphatic carbocycles. The lowest BCUT2D eigenvalue weighted by Gasteiger charge is -2.35. The third kappa shape index (κ3) is 18.3. The molecule has 3 atom stereocenters. The molecule has 0 radical (unpaired) electrons. The van der Waals surface area contributed by atoms with Gasteiger partial charge in [0.2, 0.25) is 23.1 Å². The highest BCUT2D eigenvalue weighted by Crippen LogP contribution is 2.35. The maximum atomic E-state index is 14.2. The second kappa shape index (κ2) is 31.2. The van der Waals surface area contributed by atoms with E-state index in [1.165, 1.54) is 6.92 Å². The number of rotatable bonds is 17. The van der Waals surface area contributed by atoms with Crippen LogP contribution in [0.15, 0.2) is 59.4 Å². The zero-order chi connectivity index (χ0) is 56.3. The second-order valence-corrected chi connectivity index (χ2v) is 19.2. The highest BCUT2D eigenvalue weighted by atomic mass is 35.5. The van der Waals surface area contributed by atoms with Gasteiger partial charge >= 0.3 is 18.2 Å². The molecule has 5 aromatic rings. The van der Waals surface area contributed by atoms with E-state index in [-0.39, 0.29) is 80.8 Å². The number of aryl methyl sites for hydroxylation is 3. The Morgan fingerprint density at radius 2 is 1.60 bits per heavy atom. The first-order chi connectivity index (χ1) is 35.5. The van der Waals surface area contributed by atoms with E-state index < -0.39 is 34.2 Å². The number of benzene rings is 3. The van der Waals surface area contributed by atoms with Crippen molar-refractivity contribution in [1.29, 1.82) is 0 Å². The third-order valence-corrected chi connectivity index (χ3v) is 11.9. The number of anilines is 4. The second-order valence-electron chi connectivity index (χ2n) is 16.6. The van der Waals surface area contributed by atoms with Crippen molar-refractivity contribution in [1.82, 2.24) is 29.3 Å². The summed E-state index contributed by atoms with van der Waals surface area (Å²) in [6.07, 6.45) is 0.762. The Balaban J connectivity index is 0.000000271. The first-order valence-electron chi connectivity index (χ1n) is 23.4. The summed E-state index contributed by atoms with van der Waals surface area (Å²) in [7, 11) is 1.64. The van der Waals surface area contributed by atoms with Crippen molar-refractivity contribution in [2.24, 2.45) is 0 Å². The number of aromatic nitrogens is 6. The number of esters is 1. The Morgan fingerprint density at radius 3 is 2.17 bits per heavy atom. The Hall–Kier alpha value is -5.09. The van der Waals surface area contributed by atoms with Crippen molar-refractivity contribution >= 4 is 111 Å². The van der Waals surface area contributed by atoms with Crippen LogP contribution < -0.4 is 30.9 Å². The third-order valence-electron chi connectivity index (χ3n) is 10.5. The molecule has 2 amide bonds. The average molecular weight is 1170 g/mol. The van der Waals surface area contributed by atoms with Crippen LogP contribution >= 0.6 is 69.6 Å². The van der Waals surface area contributed by atoms with Gasteiger partial charge in [-0.3, -0.25) is 14.4 Å². The Morgan fingerprint density at radius 1 is 0.933 bits per heavy atom. The van der Waals surface area contributed by atoms with Crippen LogP contribution in [0.3, 0.4) is 0 Å². The first-order valence-corrected chi connectivity index (χ1v) is 26.0. The number of carbonyl (C=O) groups is 3. The van der Waals surface area contributed by atoms with Gasteiger partial charge in [0.1, 0.15) is 35.1 Å². The molecule has 2 aromatic heterocycles. The molecule has 3 unspecified atom stereocenters. The highest BCUT2D eigenvalue weighted by Gasteiger charge is 2.32. The van der Waals surface area contributed by atoms with Gasteiger partial charge < -0.3 is 34.6 Å². The number of nitrogens with one attached hydrogen (secondary N) is 2. The number of alkyl halides is 6. The Labute approximate surface area is 464 Å². The maximum absolute atomic E-state index is 14.2. The molecule has 26 heteroatoms. The van der Waals surface area contributed by atoms with E-state index >= 15 is 0 Å². The summed E-state index contributed by atoms with van der Waals surface area (Å²) in [6, 6.07) is 15.6. The topological polar surface area (TPSA) is 188 Å². The number of amides is 2. The maximum Gasteiger partial charge on any atom is 0.355 e. The molecular weight excluding hydrogens is 1110 g/mol. The molecule has 0 fully saturated rings. The predicted molar refractivity (Wildman–Crippen MR) is 291 cm³/mol. The number of halogens is 9. The Bertz CT molecular complexity index is 2740. The molecule has 1 aliphatic heterocycles. The van der Waals surface area contributed by atoms with Gasteiger partial charge in [-0.2, -0.15) is 28.4 Å². The number of hydrogen-bond donors (Lipinski definition) is 2. The summed E-state index contributed by atoms with van der Waals surface area (Å²) in [4.78, 5) is 62.1. The fourth-order valence-electron chi connectivity index (χ4n) is 7.24. The number of carbonyl (C=O) groups excluding carboxylic acids is 3. The minimum atomic E-state index is -3.12. The average Bonchev–Trinajstić information content (AvgIpc) is 3.65. The van der Waals surface area contributed by atoms with Gasteiger partial charge in [0.05, 0.1) is 36.7 Å². The van der Waals surface area contributed by atoms with E-state index in [0.29, 0.717) is 35.5 Å². The van der Waals surface area contributed by atoms with Crippen LogP contribution in [0.4, 0.5) is 36.4 Å².